The Balaban J connectivity index is 1.36. The van der Waals surface area contributed by atoms with Gasteiger partial charge in [0.1, 0.15) is 5.82 Å². The zero-order valence-electron chi connectivity index (χ0n) is 16.8. The Morgan fingerprint density at radius 3 is 2.57 bits per heavy atom. The molecule has 1 saturated carbocycles. The first-order valence-electron chi connectivity index (χ1n) is 10.4. The summed E-state index contributed by atoms with van der Waals surface area (Å²) in [7, 11) is 0. The van der Waals surface area contributed by atoms with Crippen LogP contribution in [0.1, 0.15) is 57.8 Å². The van der Waals surface area contributed by atoms with E-state index in [0.717, 1.165) is 56.3 Å². The van der Waals surface area contributed by atoms with Gasteiger partial charge in [-0.05, 0) is 30.9 Å². The van der Waals surface area contributed by atoms with Gasteiger partial charge in [0, 0.05) is 50.3 Å². The SMILES string of the molecule is CC(C)CC(=O)N1CCN(c2ccc(-c3noc(C4CCCC4)n3)cn2)CC1. The van der Waals surface area contributed by atoms with Crippen molar-refractivity contribution in [3.05, 3.63) is 24.2 Å². The molecule has 28 heavy (non-hydrogen) atoms. The fraction of sp³-hybridized carbons (Fsp3) is 0.619. The van der Waals surface area contributed by atoms with Gasteiger partial charge in [-0.2, -0.15) is 4.98 Å². The summed E-state index contributed by atoms with van der Waals surface area (Å²) < 4.78 is 5.47. The summed E-state index contributed by atoms with van der Waals surface area (Å²) in [5.41, 5.74) is 0.877. The van der Waals surface area contributed by atoms with Gasteiger partial charge >= 0.3 is 0 Å². The summed E-state index contributed by atoms with van der Waals surface area (Å²) in [6.07, 6.45) is 7.22. The maximum atomic E-state index is 12.2. The Labute approximate surface area is 166 Å². The molecule has 7 nitrogen and oxygen atoms in total. The van der Waals surface area contributed by atoms with E-state index in [1.54, 1.807) is 0 Å². The standard InChI is InChI=1S/C21H29N5O2/c1-15(2)13-19(27)26-11-9-25(10-12-26)18-8-7-17(14-22-18)20-23-21(28-24-20)16-5-3-4-6-16/h7-8,14-16H,3-6,9-13H2,1-2H3. The highest BCUT2D eigenvalue weighted by Gasteiger charge is 2.24. The molecule has 0 atom stereocenters. The number of carbonyl (C=O) groups is 1. The first kappa shape index (κ1) is 18.9. The van der Waals surface area contributed by atoms with Crippen LogP contribution in [-0.4, -0.2) is 52.1 Å². The number of anilines is 1. The summed E-state index contributed by atoms with van der Waals surface area (Å²) in [4.78, 5) is 25.6. The number of nitrogens with zero attached hydrogens (tertiary/aromatic N) is 5. The fourth-order valence-electron chi connectivity index (χ4n) is 4.06. The summed E-state index contributed by atoms with van der Waals surface area (Å²) >= 11 is 0. The lowest BCUT2D eigenvalue weighted by molar-refractivity contribution is -0.132. The molecule has 0 radical (unpaired) electrons. The lowest BCUT2D eigenvalue weighted by Gasteiger charge is -2.35. The van der Waals surface area contributed by atoms with E-state index in [-0.39, 0.29) is 5.91 Å². The Kier molecular flexibility index (Phi) is 5.59. The van der Waals surface area contributed by atoms with E-state index in [2.05, 4.69) is 33.9 Å². The first-order chi connectivity index (χ1) is 13.6. The van der Waals surface area contributed by atoms with Crippen molar-refractivity contribution in [3.63, 3.8) is 0 Å². The number of hydrogen-bond acceptors (Lipinski definition) is 6. The van der Waals surface area contributed by atoms with E-state index >= 15 is 0 Å². The minimum Gasteiger partial charge on any atom is -0.353 e. The molecule has 0 bridgehead atoms. The molecule has 0 aromatic carbocycles. The van der Waals surface area contributed by atoms with Crippen molar-refractivity contribution < 1.29 is 9.32 Å². The Morgan fingerprint density at radius 1 is 1.18 bits per heavy atom. The highest BCUT2D eigenvalue weighted by Crippen LogP contribution is 2.33. The number of rotatable bonds is 5. The lowest BCUT2D eigenvalue weighted by atomic mass is 10.1. The number of pyridine rings is 1. The van der Waals surface area contributed by atoms with Crippen molar-refractivity contribution in [3.8, 4) is 11.4 Å². The quantitative estimate of drug-likeness (QED) is 0.787. The van der Waals surface area contributed by atoms with Gasteiger partial charge in [-0.3, -0.25) is 4.79 Å². The topological polar surface area (TPSA) is 75.4 Å². The second-order valence-corrected chi connectivity index (χ2v) is 8.31. The van der Waals surface area contributed by atoms with Crippen LogP contribution in [0.15, 0.2) is 22.9 Å². The van der Waals surface area contributed by atoms with E-state index in [9.17, 15) is 4.79 Å². The minimum atomic E-state index is 0.258. The molecule has 0 unspecified atom stereocenters. The molecule has 1 aliphatic carbocycles. The molecule has 4 rings (SSSR count). The monoisotopic (exact) mass is 383 g/mol. The van der Waals surface area contributed by atoms with E-state index < -0.39 is 0 Å². The second-order valence-electron chi connectivity index (χ2n) is 8.31. The molecule has 0 spiro atoms. The van der Waals surface area contributed by atoms with Crippen LogP contribution in [0.4, 0.5) is 5.82 Å². The molecular formula is C21H29N5O2. The third-order valence-corrected chi connectivity index (χ3v) is 5.69. The molecule has 2 aromatic heterocycles. The zero-order chi connectivity index (χ0) is 19.5. The maximum absolute atomic E-state index is 12.2. The highest BCUT2D eigenvalue weighted by molar-refractivity contribution is 5.76. The normalized spacial score (nSPS) is 18.2. The third kappa shape index (κ3) is 4.18. The van der Waals surface area contributed by atoms with Gasteiger partial charge in [0.2, 0.25) is 17.6 Å². The van der Waals surface area contributed by atoms with E-state index in [0.29, 0.717) is 24.1 Å². The maximum Gasteiger partial charge on any atom is 0.230 e. The Morgan fingerprint density at radius 2 is 1.93 bits per heavy atom. The molecule has 1 aliphatic heterocycles. The second kappa shape index (κ2) is 8.29. The molecule has 1 amide bonds. The van der Waals surface area contributed by atoms with Crippen molar-refractivity contribution >= 4 is 11.7 Å². The van der Waals surface area contributed by atoms with Gasteiger partial charge in [0.15, 0.2) is 0 Å². The fourth-order valence-corrected chi connectivity index (χ4v) is 4.06. The van der Waals surface area contributed by atoms with Crippen LogP contribution < -0.4 is 4.90 Å². The number of amides is 1. The van der Waals surface area contributed by atoms with Gasteiger partial charge < -0.3 is 14.3 Å². The molecule has 1 saturated heterocycles. The first-order valence-corrected chi connectivity index (χ1v) is 10.4. The van der Waals surface area contributed by atoms with Gasteiger partial charge in [0.05, 0.1) is 0 Å². The van der Waals surface area contributed by atoms with Gasteiger partial charge in [0.25, 0.3) is 0 Å². The average Bonchev–Trinajstić information content (AvgIpc) is 3.39. The van der Waals surface area contributed by atoms with Gasteiger partial charge in [-0.25, -0.2) is 4.98 Å². The van der Waals surface area contributed by atoms with Crippen molar-refractivity contribution in [2.24, 2.45) is 5.92 Å². The van der Waals surface area contributed by atoms with Gasteiger partial charge in [-0.1, -0.05) is 31.8 Å². The molecule has 7 heteroatoms. The van der Waals surface area contributed by atoms with Crippen molar-refractivity contribution in [1.82, 2.24) is 20.0 Å². The number of hydrogen-bond donors (Lipinski definition) is 0. The lowest BCUT2D eigenvalue weighted by Crippen LogP contribution is -2.49. The molecule has 0 N–H and O–H groups in total. The highest BCUT2D eigenvalue weighted by atomic mass is 16.5. The number of piperazine rings is 1. The van der Waals surface area contributed by atoms with Crippen LogP contribution in [0.25, 0.3) is 11.4 Å². The van der Waals surface area contributed by atoms with Crippen LogP contribution in [0.3, 0.4) is 0 Å². The van der Waals surface area contributed by atoms with Crippen LogP contribution in [0.5, 0.6) is 0 Å². The van der Waals surface area contributed by atoms with Crippen LogP contribution in [-0.2, 0) is 4.79 Å². The largest absolute Gasteiger partial charge is 0.353 e. The number of aromatic nitrogens is 3. The van der Waals surface area contributed by atoms with Gasteiger partial charge in [-0.15, -0.1) is 0 Å². The molecule has 2 aromatic rings. The molecule has 3 heterocycles. The summed E-state index contributed by atoms with van der Waals surface area (Å²) in [5, 5.41) is 4.14. The Hall–Kier alpha value is -2.44. The van der Waals surface area contributed by atoms with E-state index in [1.165, 1.54) is 12.8 Å². The molecule has 150 valence electrons. The van der Waals surface area contributed by atoms with E-state index in [1.807, 2.05) is 23.2 Å². The summed E-state index contributed by atoms with van der Waals surface area (Å²) in [5.74, 6) is 3.39. The van der Waals surface area contributed by atoms with Crippen molar-refractivity contribution in [2.45, 2.75) is 51.9 Å². The van der Waals surface area contributed by atoms with Crippen LogP contribution in [0, 0.1) is 5.92 Å². The minimum absolute atomic E-state index is 0.258. The van der Waals surface area contributed by atoms with Crippen LogP contribution in [0.2, 0.25) is 0 Å². The molecule has 2 fully saturated rings. The van der Waals surface area contributed by atoms with Crippen molar-refractivity contribution in [1.29, 1.82) is 0 Å². The molecule has 2 aliphatic rings. The third-order valence-electron chi connectivity index (χ3n) is 5.69. The summed E-state index contributed by atoms with van der Waals surface area (Å²) in [6.45, 7) is 7.30. The molecular weight excluding hydrogens is 354 g/mol. The average molecular weight is 383 g/mol. The predicted molar refractivity (Wildman–Crippen MR) is 107 cm³/mol. The Bertz CT molecular complexity index is 787. The predicted octanol–water partition coefficient (Wildman–Crippen LogP) is 3.48. The summed E-state index contributed by atoms with van der Waals surface area (Å²) in [6, 6.07) is 4.01. The zero-order valence-corrected chi connectivity index (χ0v) is 16.8. The van der Waals surface area contributed by atoms with E-state index in [4.69, 9.17) is 4.52 Å². The smallest absolute Gasteiger partial charge is 0.230 e. The van der Waals surface area contributed by atoms with Crippen LogP contribution >= 0.6 is 0 Å². The van der Waals surface area contributed by atoms with Crippen molar-refractivity contribution in [2.75, 3.05) is 31.1 Å². The number of carbonyl (C=O) groups excluding carboxylic acids is 1.